The van der Waals surface area contributed by atoms with Crippen molar-refractivity contribution in [2.24, 2.45) is 11.8 Å². The number of methoxy groups -OCH3 is 1. The van der Waals surface area contributed by atoms with Gasteiger partial charge in [0.1, 0.15) is 0 Å². The van der Waals surface area contributed by atoms with E-state index in [0.29, 0.717) is 24.8 Å². The third-order valence-corrected chi connectivity index (χ3v) is 2.70. The maximum Gasteiger partial charge on any atom is 0.333 e. The SMILES string of the molecule is COC(=O)C1=C[C@H](C)C[C@@H](C(=O)O)CC1. The van der Waals surface area contributed by atoms with Crippen LogP contribution in [0.3, 0.4) is 0 Å². The molecule has 1 aliphatic carbocycles. The second-order valence-electron chi connectivity index (χ2n) is 3.97. The van der Waals surface area contributed by atoms with Gasteiger partial charge in [0.2, 0.25) is 0 Å². The molecule has 2 atom stereocenters. The molecule has 0 spiro atoms. The van der Waals surface area contributed by atoms with Crippen molar-refractivity contribution >= 4 is 11.9 Å². The van der Waals surface area contributed by atoms with Gasteiger partial charge in [-0.05, 0) is 25.2 Å². The first kappa shape index (κ1) is 11.8. The third kappa shape index (κ3) is 3.08. The van der Waals surface area contributed by atoms with Crippen molar-refractivity contribution in [3.63, 3.8) is 0 Å². The summed E-state index contributed by atoms with van der Waals surface area (Å²) in [6.07, 6.45) is 3.43. The maximum atomic E-state index is 11.3. The van der Waals surface area contributed by atoms with Crippen LogP contribution in [0.15, 0.2) is 11.6 Å². The zero-order valence-electron chi connectivity index (χ0n) is 9.03. The van der Waals surface area contributed by atoms with Crippen LogP contribution in [0.4, 0.5) is 0 Å². The maximum absolute atomic E-state index is 11.3. The number of carbonyl (C=O) groups is 2. The van der Waals surface area contributed by atoms with Crippen LogP contribution >= 0.6 is 0 Å². The molecule has 0 saturated heterocycles. The number of allylic oxidation sites excluding steroid dienone is 1. The summed E-state index contributed by atoms with van der Waals surface area (Å²) < 4.78 is 4.63. The molecule has 1 rings (SSSR count). The van der Waals surface area contributed by atoms with E-state index in [1.54, 1.807) is 0 Å². The summed E-state index contributed by atoms with van der Waals surface area (Å²) in [4.78, 5) is 22.2. The van der Waals surface area contributed by atoms with Crippen LogP contribution in [-0.2, 0) is 14.3 Å². The first-order valence-corrected chi connectivity index (χ1v) is 5.06. The number of hydrogen-bond donors (Lipinski definition) is 1. The summed E-state index contributed by atoms with van der Waals surface area (Å²) in [7, 11) is 1.34. The molecule has 4 nitrogen and oxygen atoms in total. The Bertz CT molecular complexity index is 293. The molecule has 1 aliphatic rings. The lowest BCUT2D eigenvalue weighted by molar-refractivity contribution is -0.142. The van der Waals surface area contributed by atoms with E-state index in [4.69, 9.17) is 5.11 Å². The van der Waals surface area contributed by atoms with Crippen molar-refractivity contribution in [3.05, 3.63) is 11.6 Å². The number of carbonyl (C=O) groups excluding carboxylic acids is 1. The van der Waals surface area contributed by atoms with Crippen LogP contribution < -0.4 is 0 Å². The van der Waals surface area contributed by atoms with Crippen molar-refractivity contribution in [2.75, 3.05) is 7.11 Å². The zero-order valence-corrected chi connectivity index (χ0v) is 9.03. The number of carboxylic acids is 1. The van der Waals surface area contributed by atoms with Crippen LogP contribution in [0.1, 0.15) is 26.2 Å². The van der Waals surface area contributed by atoms with Crippen molar-refractivity contribution in [3.8, 4) is 0 Å². The summed E-state index contributed by atoms with van der Waals surface area (Å²) in [6.45, 7) is 1.92. The smallest absolute Gasteiger partial charge is 0.333 e. The van der Waals surface area contributed by atoms with Gasteiger partial charge in [-0.1, -0.05) is 13.0 Å². The van der Waals surface area contributed by atoms with Gasteiger partial charge < -0.3 is 9.84 Å². The highest BCUT2D eigenvalue weighted by Gasteiger charge is 2.25. The summed E-state index contributed by atoms with van der Waals surface area (Å²) in [5, 5.41) is 8.92. The molecule has 0 bridgehead atoms. The minimum absolute atomic E-state index is 0.114. The first-order chi connectivity index (χ1) is 7.04. The van der Waals surface area contributed by atoms with Gasteiger partial charge in [0.15, 0.2) is 0 Å². The largest absolute Gasteiger partial charge is 0.481 e. The summed E-state index contributed by atoms with van der Waals surface area (Å²) >= 11 is 0. The molecule has 0 fully saturated rings. The lowest BCUT2D eigenvalue weighted by atomic mass is 9.95. The Morgan fingerprint density at radius 2 is 2.20 bits per heavy atom. The lowest BCUT2D eigenvalue weighted by Gasteiger charge is -2.10. The normalized spacial score (nSPS) is 26.4. The van der Waals surface area contributed by atoms with Gasteiger partial charge in [0.05, 0.1) is 13.0 Å². The summed E-state index contributed by atoms with van der Waals surface area (Å²) in [6, 6.07) is 0. The average Bonchev–Trinajstić information content (AvgIpc) is 2.38. The molecule has 0 aromatic rings. The van der Waals surface area contributed by atoms with Crippen molar-refractivity contribution in [2.45, 2.75) is 26.2 Å². The standard InChI is InChI=1S/C11H16O4/c1-7-5-8(10(12)13)3-4-9(6-7)11(14)15-2/h6-8H,3-5H2,1-2H3,(H,12,13)/t7-,8+/m1/s1. The topological polar surface area (TPSA) is 63.6 Å². The highest BCUT2D eigenvalue weighted by Crippen LogP contribution is 2.27. The van der Waals surface area contributed by atoms with E-state index >= 15 is 0 Å². The van der Waals surface area contributed by atoms with E-state index in [1.165, 1.54) is 7.11 Å². The van der Waals surface area contributed by atoms with Crippen LogP contribution in [0.25, 0.3) is 0 Å². The fourth-order valence-corrected chi connectivity index (χ4v) is 1.92. The Kier molecular flexibility index (Phi) is 3.88. The van der Waals surface area contributed by atoms with E-state index < -0.39 is 5.97 Å². The van der Waals surface area contributed by atoms with E-state index in [0.717, 1.165) is 0 Å². The van der Waals surface area contributed by atoms with Gasteiger partial charge in [-0.25, -0.2) is 4.79 Å². The van der Waals surface area contributed by atoms with E-state index in [-0.39, 0.29) is 17.8 Å². The molecule has 0 radical (unpaired) electrons. The number of rotatable bonds is 2. The molecule has 0 aromatic carbocycles. The molecule has 0 saturated carbocycles. The number of hydrogen-bond acceptors (Lipinski definition) is 3. The van der Waals surface area contributed by atoms with Gasteiger partial charge in [0, 0.05) is 5.57 Å². The fraction of sp³-hybridized carbons (Fsp3) is 0.636. The molecule has 4 heteroatoms. The Hall–Kier alpha value is -1.32. The highest BCUT2D eigenvalue weighted by molar-refractivity contribution is 5.88. The molecule has 1 N–H and O–H groups in total. The Labute approximate surface area is 88.9 Å². The van der Waals surface area contributed by atoms with Gasteiger partial charge in [-0.3, -0.25) is 4.79 Å². The molecule has 15 heavy (non-hydrogen) atoms. The fourth-order valence-electron chi connectivity index (χ4n) is 1.92. The predicted molar refractivity (Wildman–Crippen MR) is 54.2 cm³/mol. The molecule has 84 valence electrons. The van der Waals surface area contributed by atoms with E-state index in [2.05, 4.69) is 4.74 Å². The second-order valence-corrected chi connectivity index (χ2v) is 3.97. The molecule has 0 unspecified atom stereocenters. The lowest BCUT2D eigenvalue weighted by Crippen LogP contribution is -2.14. The monoisotopic (exact) mass is 212 g/mol. The minimum Gasteiger partial charge on any atom is -0.481 e. The Balaban J connectivity index is 2.73. The van der Waals surface area contributed by atoms with Gasteiger partial charge in [-0.2, -0.15) is 0 Å². The summed E-state index contributed by atoms with van der Waals surface area (Å²) in [5.74, 6) is -1.35. The minimum atomic E-state index is -0.777. The molecule has 0 amide bonds. The zero-order chi connectivity index (χ0) is 11.4. The number of aliphatic carboxylic acids is 1. The van der Waals surface area contributed by atoms with Gasteiger partial charge >= 0.3 is 11.9 Å². The molecular formula is C11H16O4. The van der Waals surface area contributed by atoms with Crippen LogP contribution in [-0.4, -0.2) is 24.2 Å². The van der Waals surface area contributed by atoms with Crippen molar-refractivity contribution < 1.29 is 19.4 Å². The third-order valence-electron chi connectivity index (χ3n) is 2.70. The van der Waals surface area contributed by atoms with E-state index in [9.17, 15) is 9.59 Å². The molecular weight excluding hydrogens is 196 g/mol. The van der Waals surface area contributed by atoms with Gasteiger partial charge in [0.25, 0.3) is 0 Å². The average molecular weight is 212 g/mol. The number of carboxylic acid groups (broad SMARTS) is 1. The van der Waals surface area contributed by atoms with E-state index in [1.807, 2.05) is 13.0 Å². The second kappa shape index (κ2) is 4.96. The van der Waals surface area contributed by atoms with Crippen LogP contribution in [0.5, 0.6) is 0 Å². The van der Waals surface area contributed by atoms with Crippen molar-refractivity contribution in [1.29, 1.82) is 0 Å². The Morgan fingerprint density at radius 3 is 2.73 bits per heavy atom. The van der Waals surface area contributed by atoms with Gasteiger partial charge in [-0.15, -0.1) is 0 Å². The van der Waals surface area contributed by atoms with Crippen LogP contribution in [0.2, 0.25) is 0 Å². The van der Waals surface area contributed by atoms with Crippen LogP contribution in [0, 0.1) is 11.8 Å². The predicted octanol–water partition coefficient (Wildman–Crippen LogP) is 1.61. The Morgan fingerprint density at radius 1 is 1.53 bits per heavy atom. The number of ether oxygens (including phenoxy) is 1. The highest BCUT2D eigenvalue weighted by atomic mass is 16.5. The molecule has 0 heterocycles. The first-order valence-electron chi connectivity index (χ1n) is 5.06. The molecule has 0 aromatic heterocycles. The number of esters is 1. The van der Waals surface area contributed by atoms with Crippen molar-refractivity contribution in [1.82, 2.24) is 0 Å². The quantitative estimate of drug-likeness (QED) is 0.706. The molecule has 0 aliphatic heterocycles. The summed E-state index contributed by atoms with van der Waals surface area (Å²) in [5.41, 5.74) is 0.605.